The maximum absolute atomic E-state index is 12.1. The molecule has 1 aromatic rings. The smallest absolute Gasteiger partial charge is 0.399 e. The average molecular weight is 246 g/mol. The van der Waals surface area contributed by atoms with Crippen LogP contribution in [-0.4, -0.2) is 31.2 Å². The maximum atomic E-state index is 12.1. The summed E-state index contributed by atoms with van der Waals surface area (Å²) >= 11 is 0. The van der Waals surface area contributed by atoms with Gasteiger partial charge < -0.3 is 5.73 Å². The molecule has 0 bridgehead atoms. The van der Waals surface area contributed by atoms with E-state index in [1.54, 1.807) is 6.07 Å². The summed E-state index contributed by atoms with van der Waals surface area (Å²) in [4.78, 5) is 1.28. The van der Waals surface area contributed by atoms with Gasteiger partial charge in [-0.1, -0.05) is 12.1 Å². The van der Waals surface area contributed by atoms with Crippen LogP contribution in [0.15, 0.2) is 24.3 Å². The van der Waals surface area contributed by atoms with Gasteiger partial charge in [0.25, 0.3) is 0 Å². The molecule has 0 heterocycles. The van der Waals surface area contributed by atoms with Gasteiger partial charge in [0.05, 0.1) is 6.54 Å². The highest BCUT2D eigenvalue weighted by molar-refractivity contribution is 5.40. The van der Waals surface area contributed by atoms with E-state index in [9.17, 15) is 13.2 Å². The van der Waals surface area contributed by atoms with Gasteiger partial charge in [0, 0.05) is 5.69 Å². The van der Waals surface area contributed by atoms with E-state index in [-0.39, 0.29) is 0 Å². The van der Waals surface area contributed by atoms with Crippen LogP contribution in [0.5, 0.6) is 0 Å². The molecule has 0 aliphatic carbocycles. The second kappa shape index (κ2) is 5.91. The number of hydrogen-bond donors (Lipinski definition) is 1. The van der Waals surface area contributed by atoms with Gasteiger partial charge in [0.1, 0.15) is 0 Å². The van der Waals surface area contributed by atoms with Crippen LogP contribution in [-0.2, 0) is 6.42 Å². The molecule has 2 nitrogen and oxygen atoms in total. The van der Waals surface area contributed by atoms with Crippen molar-refractivity contribution < 1.29 is 13.2 Å². The minimum Gasteiger partial charge on any atom is -0.399 e. The highest BCUT2D eigenvalue weighted by Crippen LogP contribution is 2.16. The lowest BCUT2D eigenvalue weighted by molar-refractivity contribution is -0.143. The molecule has 0 aromatic heterocycles. The van der Waals surface area contributed by atoms with Crippen molar-refractivity contribution in [2.75, 3.05) is 25.9 Å². The molecule has 0 atom stereocenters. The number of hydrogen-bond acceptors (Lipinski definition) is 2. The Balaban J connectivity index is 2.28. The van der Waals surface area contributed by atoms with Gasteiger partial charge in [-0.25, -0.2) is 0 Å². The minimum atomic E-state index is -4.12. The number of halogens is 3. The first-order chi connectivity index (χ1) is 7.87. The molecule has 1 aromatic carbocycles. The number of nitrogen functional groups attached to an aromatic ring is 1. The fourth-order valence-corrected chi connectivity index (χ4v) is 1.69. The molecule has 17 heavy (non-hydrogen) atoms. The van der Waals surface area contributed by atoms with Crippen LogP contribution >= 0.6 is 0 Å². The van der Waals surface area contributed by atoms with E-state index in [0.29, 0.717) is 18.7 Å². The molecular weight excluding hydrogens is 229 g/mol. The van der Waals surface area contributed by atoms with Crippen LogP contribution < -0.4 is 5.73 Å². The zero-order valence-electron chi connectivity index (χ0n) is 9.80. The van der Waals surface area contributed by atoms with E-state index in [0.717, 1.165) is 12.0 Å². The van der Waals surface area contributed by atoms with Crippen molar-refractivity contribution in [3.05, 3.63) is 29.8 Å². The van der Waals surface area contributed by atoms with E-state index in [4.69, 9.17) is 5.73 Å². The largest absolute Gasteiger partial charge is 0.401 e. The highest BCUT2D eigenvalue weighted by Gasteiger charge is 2.28. The maximum Gasteiger partial charge on any atom is 0.401 e. The number of alkyl halides is 3. The Labute approximate surface area is 99.2 Å². The lowest BCUT2D eigenvalue weighted by Crippen LogP contribution is -2.31. The van der Waals surface area contributed by atoms with Crippen LogP contribution in [0.2, 0.25) is 0 Å². The molecule has 0 aliphatic heterocycles. The van der Waals surface area contributed by atoms with Gasteiger partial charge in [0.15, 0.2) is 0 Å². The molecule has 96 valence electrons. The van der Waals surface area contributed by atoms with Crippen molar-refractivity contribution in [2.45, 2.75) is 19.0 Å². The molecule has 1 rings (SSSR count). The average Bonchev–Trinajstić information content (AvgIpc) is 2.14. The first-order valence-corrected chi connectivity index (χ1v) is 5.46. The van der Waals surface area contributed by atoms with Crippen LogP contribution in [0.1, 0.15) is 12.0 Å². The number of benzene rings is 1. The molecule has 0 radical (unpaired) electrons. The van der Waals surface area contributed by atoms with Crippen LogP contribution in [0.3, 0.4) is 0 Å². The Hall–Kier alpha value is -1.23. The van der Waals surface area contributed by atoms with Gasteiger partial charge in [0.2, 0.25) is 0 Å². The summed E-state index contributed by atoms with van der Waals surface area (Å²) in [5.41, 5.74) is 7.36. The molecule has 0 fully saturated rings. The van der Waals surface area contributed by atoms with E-state index < -0.39 is 12.7 Å². The molecule has 0 amide bonds. The van der Waals surface area contributed by atoms with E-state index in [2.05, 4.69) is 0 Å². The summed E-state index contributed by atoms with van der Waals surface area (Å²) in [6, 6.07) is 7.42. The van der Waals surface area contributed by atoms with Crippen molar-refractivity contribution >= 4 is 5.69 Å². The molecule has 2 N–H and O–H groups in total. The van der Waals surface area contributed by atoms with Crippen molar-refractivity contribution in [1.29, 1.82) is 0 Å². The predicted octanol–water partition coefficient (Wildman–Crippen LogP) is 2.70. The summed E-state index contributed by atoms with van der Waals surface area (Å²) in [5, 5.41) is 0. The Kier molecular flexibility index (Phi) is 4.81. The third kappa shape index (κ3) is 6.16. The number of aryl methyl sites for hydroxylation is 1. The second-order valence-electron chi connectivity index (χ2n) is 4.20. The molecule has 5 heteroatoms. The Morgan fingerprint density at radius 2 is 2.00 bits per heavy atom. The van der Waals surface area contributed by atoms with E-state index in [1.165, 1.54) is 11.9 Å². The predicted molar refractivity (Wildman–Crippen MR) is 62.7 cm³/mol. The summed E-state index contributed by atoms with van der Waals surface area (Å²) in [5.74, 6) is 0. The standard InChI is InChI=1S/C12H17F3N2/c1-17(9-12(13,14)15)7-3-5-10-4-2-6-11(16)8-10/h2,4,6,8H,3,5,7,9,16H2,1H3. The number of nitrogens with two attached hydrogens (primary N) is 1. The number of rotatable bonds is 5. The SMILES string of the molecule is CN(CCCc1cccc(N)c1)CC(F)(F)F. The number of nitrogens with zero attached hydrogens (tertiary/aromatic N) is 1. The van der Waals surface area contributed by atoms with Gasteiger partial charge in [-0.15, -0.1) is 0 Å². The molecular formula is C12H17F3N2. The first-order valence-electron chi connectivity index (χ1n) is 5.46. The lowest BCUT2D eigenvalue weighted by Gasteiger charge is -2.18. The van der Waals surface area contributed by atoms with Gasteiger partial charge in [-0.05, 0) is 44.1 Å². The second-order valence-corrected chi connectivity index (χ2v) is 4.20. The lowest BCUT2D eigenvalue weighted by atomic mass is 10.1. The Bertz CT molecular complexity index is 350. The topological polar surface area (TPSA) is 29.3 Å². The summed E-state index contributed by atoms with van der Waals surface area (Å²) in [7, 11) is 1.48. The summed E-state index contributed by atoms with van der Waals surface area (Å²) in [6.07, 6.45) is -2.69. The zero-order valence-corrected chi connectivity index (χ0v) is 9.80. The summed E-state index contributed by atoms with van der Waals surface area (Å²) in [6.45, 7) is -0.432. The number of anilines is 1. The van der Waals surface area contributed by atoms with Gasteiger partial charge >= 0.3 is 6.18 Å². The highest BCUT2D eigenvalue weighted by atomic mass is 19.4. The fraction of sp³-hybridized carbons (Fsp3) is 0.500. The first kappa shape index (κ1) is 13.8. The van der Waals surface area contributed by atoms with E-state index in [1.807, 2.05) is 18.2 Å². The normalized spacial score (nSPS) is 12.1. The summed E-state index contributed by atoms with van der Waals surface area (Å²) < 4.78 is 36.2. The Morgan fingerprint density at radius 1 is 1.29 bits per heavy atom. The molecule has 0 aliphatic rings. The zero-order chi connectivity index (χ0) is 12.9. The van der Waals surface area contributed by atoms with Gasteiger partial charge in [-0.2, -0.15) is 13.2 Å². The van der Waals surface area contributed by atoms with E-state index >= 15 is 0 Å². The van der Waals surface area contributed by atoms with Crippen molar-refractivity contribution in [1.82, 2.24) is 4.90 Å². The van der Waals surface area contributed by atoms with Crippen molar-refractivity contribution in [3.8, 4) is 0 Å². The Morgan fingerprint density at radius 3 is 2.59 bits per heavy atom. The van der Waals surface area contributed by atoms with Crippen LogP contribution in [0.4, 0.5) is 18.9 Å². The van der Waals surface area contributed by atoms with Crippen molar-refractivity contribution in [2.24, 2.45) is 0 Å². The minimum absolute atomic E-state index is 0.425. The van der Waals surface area contributed by atoms with Crippen LogP contribution in [0, 0.1) is 0 Å². The van der Waals surface area contributed by atoms with Crippen LogP contribution in [0.25, 0.3) is 0 Å². The molecule has 0 spiro atoms. The fourth-order valence-electron chi connectivity index (χ4n) is 1.69. The molecule has 0 saturated heterocycles. The monoisotopic (exact) mass is 246 g/mol. The van der Waals surface area contributed by atoms with Gasteiger partial charge in [-0.3, -0.25) is 4.90 Å². The third-order valence-electron chi connectivity index (χ3n) is 2.41. The van der Waals surface area contributed by atoms with Crippen molar-refractivity contribution in [3.63, 3.8) is 0 Å². The third-order valence-corrected chi connectivity index (χ3v) is 2.41. The molecule has 0 unspecified atom stereocenters. The quantitative estimate of drug-likeness (QED) is 0.809. The molecule has 0 saturated carbocycles.